The average Bonchev–Trinajstić information content (AvgIpc) is 2.27. The van der Waals surface area contributed by atoms with Gasteiger partial charge in [-0.05, 0) is 26.3 Å². The highest BCUT2D eigenvalue weighted by Gasteiger charge is 2.09. The Morgan fingerprint density at radius 2 is 2.15 bits per heavy atom. The standard InChI is InChI=1S/C10H13N3/c1-7(5-6-11)10-8(2)12-13(4)9(10)3/h5H,1-4H3/b7-5+. The monoisotopic (exact) mass is 175 g/mol. The molecule has 0 fully saturated rings. The second-order valence-electron chi connectivity index (χ2n) is 3.13. The van der Waals surface area contributed by atoms with E-state index in [0.29, 0.717) is 0 Å². The van der Waals surface area contributed by atoms with Crippen LogP contribution in [0.2, 0.25) is 0 Å². The van der Waals surface area contributed by atoms with Crippen molar-refractivity contribution in [3.8, 4) is 6.07 Å². The van der Waals surface area contributed by atoms with E-state index in [1.54, 1.807) is 6.08 Å². The zero-order chi connectivity index (χ0) is 10.0. The molecule has 0 spiro atoms. The molecule has 0 atom stereocenters. The van der Waals surface area contributed by atoms with Crippen LogP contribution in [0, 0.1) is 25.2 Å². The van der Waals surface area contributed by atoms with E-state index in [1.807, 2.05) is 38.6 Å². The fourth-order valence-corrected chi connectivity index (χ4v) is 1.51. The Kier molecular flexibility index (Phi) is 2.52. The Labute approximate surface area is 78.3 Å². The highest BCUT2D eigenvalue weighted by molar-refractivity contribution is 5.69. The van der Waals surface area contributed by atoms with Gasteiger partial charge in [-0.1, -0.05) is 0 Å². The van der Waals surface area contributed by atoms with Crippen LogP contribution < -0.4 is 0 Å². The summed E-state index contributed by atoms with van der Waals surface area (Å²) in [5, 5.41) is 12.8. The lowest BCUT2D eigenvalue weighted by atomic mass is 10.1. The summed E-state index contributed by atoms with van der Waals surface area (Å²) in [6.45, 7) is 5.89. The van der Waals surface area contributed by atoms with E-state index >= 15 is 0 Å². The topological polar surface area (TPSA) is 41.6 Å². The van der Waals surface area contributed by atoms with Crippen LogP contribution in [0.4, 0.5) is 0 Å². The molecule has 1 heterocycles. The van der Waals surface area contributed by atoms with E-state index < -0.39 is 0 Å². The minimum absolute atomic E-state index is 0.976. The number of nitriles is 1. The van der Waals surface area contributed by atoms with Crippen LogP contribution >= 0.6 is 0 Å². The maximum absolute atomic E-state index is 8.53. The fourth-order valence-electron chi connectivity index (χ4n) is 1.51. The molecule has 0 aromatic carbocycles. The maximum atomic E-state index is 8.53. The zero-order valence-electron chi connectivity index (χ0n) is 8.42. The van der Waals surface area contributed by atoms with Crippen molar-refractivity contribution in [2.45, 2.75) is 20.8 Å². The smallest absolute Gasteiger partial charge is 0.0915 e. The summed E-state index contributed by atoms with van der Waals surface area (Å²) in [5.74, 6) is 0. The first-order chi connectivity index (χ1) is 6.07. The summed E-state index contributed by atoms with van der Waals surface area (Å²) in [7, 11) is 1.91. The first-order valence-corrected chi connectivity index (χ1v) is 4.15. The van der Waals surface area contributed by atoms with E-state index in [1.165, 1.54) is 0 Å². The Balaban J connectivity index is 3.31. The normalized spacial score (nSPS) is 11.5. The molecular formula is C10H13N3. The Morgan fingerprint density at radius 1 is 1.54 bits per heavy atom. The van der Waals surface area contributed by atoms with Crippen LogP contribution in [0.3, 0.4) is 0 Å². The molecule has 0 N–H and O–H groups in total. The van der Waals surface area contributed by atoms with Crippen molar-refractivity contribution in [1.29, 1.82) is 5.26 Å². The van der Waals surface area contributed by atoms with E-state index in [4.69, 9.17) is 5.26 Å². The first-order valence-electron chi connectivity index (χ1n) is 4.15. The lowest BCUT2D eigenvalue weighted by Crippen LogP contribution is -1.93. The Morgan fingerprint density at radius 3 is 2.54 bits per heavy atom. The van der Waals surface area contributed by atoms with E-state index in [9.17, 15) is 0 Å². The number of nitrogens with zero attached hydrogens (tertiary/aromatic N) is 3. The largest absolute Gasteiger partial charge is 0.272 e. The van der Waals surface area contributed by atoms with Crippen molar-refractivity contribution < 1.29 is 0 Å². The molecule has 0 radical (unpaired) electrons. The van der Waals surface area contributed by atoms with Gasteiger partial charge in [-0.25, -0.2) is 0 Å². The molecule has 13 heavy (non-hydrogen) atoms. The van der Waals surface area contributed by atoms with Crippen molar-refractivity contribution >= 4 is 5.57 Å². The minimum Gasteiger partial charge on any atom is -0.272 e. The Bertz CT molecular complexity index is 391. The third-order valence-corrected chi connectivity index (χ3v) is 2.18. The summed E-state index contributed by atoms with van der Waals surface area (Å²) in [6.07, 6.45) is 1.55. The lowest BCUT2D eigenvalue weighted by Gasteiger charge is -1.99. The molecule has 1 rings (SSSR count). The van der Waals surface area contributed by atoms with Gasteiger partial charge in [-0.3, -0.25) is 4.68 Å². The van der Waals surface area contributed by atoms with Gasteiger partial charge in [0.1, 0.15) is 0 Å². The SMILES string of the molecule is C/C(=C\C#N)c1c(C)nn(C)c1C. The molecule has 0 unspecified atom stereocenters. The second kappa shape index (κ2) is 3.44. The summed E-state index contributed by atoms with van der Waals surface area (Å²) in [6, 6.07) is 2.03. The molecule has 1 aromatic rings. The molecule has 0 aliphatic rings. The molecule has 0 amide bonds. The third-order valence-electron chi connectivity index (χ3n) is 2.18. The first kappa shape index (κ1) is 9.53. The van der Waals surface area contributed by atoms with Crippen molar-refractivity contribution in [3.05, 3.63) is 23.0 Å². The predicted molar refractivity (Wildman–Crippen MR) is 51.9 cm³/mol. The molecule has 0 saturated heterocycles. The molecule has 0 aliphatic carbocycles. The van der Waals surface area contributed by atoms with E-state index in [0.717, 1.165) is 22.5 Å². The number of aromatic nitrogens is 2. The van der Waals surface area contributed by atoms with Gasteiger partial charge in [0.2, 0.25) is 0 Å². The second-order valence-corrected chi connectivity index (χ2v) is 3.13. The molecular weight excluding hydrogens is 162 g/mol. The van der Waals surface area contributed by atoms with Crippen LogP contribution in [0.25, 0.3) is 5.57 Å². The number of aryl methyl sites for hydroxylation is 2. The van der Waals surface area contributed by atoms with Gasteiger partial charge in [0.15, 0.2) is 0 Å². The zero-order valence-corrected chi connectivity index (χ0v) is 8.42. The van der Waals surface area contributed by atoms with Gasteiger partial charge in [-0.2, -0.15) is 10.4 Å². The van der Waals surface area contributed by atoms with Crippen LogP contribution in [-0.4, -0.2) is 9.78 Å². The summed E-state index contributed by atoms with van der Waals surface area (Å²) >= 11 is 0. The predicted octanol–water partition coefficient (Wildman–Crippen LogP) is 1.96. The highest BCUT2D eigenvalue weighted by Crippen LogP contribution is 2.20. The minimum atomic E-state index is 0.976. The molecule has 0 bridgehead atoms. The molecule has 0 aliphatic heterocycles. The van der Waals surface area contributed by atoms with Crippen LogP contribution in [-0.2, 0) is 7.05 Å². The van der Waals surface area contributed by atoms with Gasteiger partial charge >= 0.3 is 0 Å². The molecule has 68 valence electrons. The van der Waals surface area contributed by atoms with Gasteiger partial charge in [0.25, 0.3) is 0 Å². The third kappa shape index (κ3) is 1.62. The van der Waals surface area contributed by atoms with Crippen LogP contribution in [0.1, 0.15) is 23.9 Å². The Hall–Kier alpha value is -1.56. The van der Waals surface area contributed by atoms with Gasteiger partial charge in [0.05, 0.1) is 11.8 Å². The molecule has 0 saturated carbocycles. The van der Waals surface area contributed by atoms with Gasteiger partial charge < -0.3 is 0 Å². The van der Waals surface area contributed by atoms with Crippen molar-refractivity contribution in [3.63, 3.8) is 0 Å². The number of hydrogen-bond donors (Lipinski definition) is 0. The summed E-state index contributed by atoms with van der Waals surface area (Å²) in [4.78, 5) is 0. The van der Waals surface area contributed by atoms with Crippen molar-refractivity contribution in [2.75, 3.05) is 0 Å². The number of hydrogen-bond acceptors (Lipinski definition) is 2. The van der Waals surface area contributed by atoms with Crippen molar-refractivity contribution in [2.24, 2.45) is 7.05 Å². The van der Waals surface area contributed by atoms with Gasteiger partial charge in [-0.15, -0.1) is 0 Å². The number of rotatable bonds is 1. The summed E-state index contributed by atoms with van der Waals surface area (Å²) in [5.41, 5.74) is 4.14. The average molecular weight is 175 g/mol. The van der Waals surface area contributed by atoms with Crippen molar-refractivity contribution in [1.82, 2.24) is 9.78 Å². The molecule has 1 aromatic heterocycles. The van der Waals surface area contributed by atoms with Gasteiger partial charge in [0, 0.05) is 24.4 Å². The van der Waals surface area contributed by atoms with Crippen LogP contribution in [0.5, 0.6) is 0 Å². The lowest BCUT2D eigenvalue weighted by molar-refractivity contribution is 0.731. The molecule has 3 heteroatoms. The quantitative estimate of drug-likeness (QED) is 0.612. The number of allylic oxidation sites excluding steroid dienone is 2. The maximum Gasteiger partial charge on any atom is 0.0915 e. The van der Waals surface area contributed by atoms with Crippen LogP contribution in [0.15, 0.2) is 6.08 Å². The molecule has 3 nitrogen and oxygen atoms in total. The highest BCUT2D eigenvalue weighted by atomic mass is 15.3. The summed E-state index contributed by atoms with van der Waals surface area (Å²) < 4.78 is 1.83. The fraction of sp³-hybridized carbons (Fsp3) is 0.400. The van der Waals surface area contributed by atoms with E-state index in [-0.39, 0.29) is 0 Å². The van der Waals surface area contributed by atoms with E-state index in [2.05, 4.69) is 5.10 Å².